The van der Waals surface area contributed by atoms with E-state index in [2.05, 4.69) is 5.32 Å². The number of ether oxygens (including phenoxy) is 1. The van der Waals surface area contributed by atoms with E-state index in [4.69, 9.17) is 4.74 Å². The molecule has 1 saturated heterocycles. The molecule has 2 aromatic rings. The molecule has 3 rings (SSSR count). The third-order valence-corrected chi connectivity index (χ3v) is 8.00. The van der Waals surface area contributed by atoms with Gasteiger partial charge in [-0.15, -0.1) is 0 Å². The number of carbonyl (C=O) groups excluding carboxylic acids is 3. The van der Waals surface area contributed by atoms with Gasteiger partial charge in [0, 0.05) is 24.3 Å². The smallest absolute Gasteiger partial charge is 0.309 e. The van der Waals surface area contributed by atoms with Gasteiger partial charge < -0.3 is 10.1 Å². The Labute approximate surface area is 200 Å². The van der Waals surface area contributed by atoms with E-state index in [0.29, 0.717) is 24.1 Å². The lowest BCUT2D eigenvalue weighted by atomic mass is 9.98. The molecule has 1 N–H and O–H groups in total. The first-order valence-electron chi connectivity index (χ1n) is 11.2. The second-order valence-electron chi connectivity index (χ2n) is 8.63. The summed E-state index contributed by atoms with van der Waals surface area (Å²) in [5.41, 5.74) is 2.82. The van der Waals surface area contributed by atoms with Gasteiger partial charge in [0.25, 0.3) is 5.91 Å². The Morgan fingerprint density at radius 3 is 2.32 bits per heavy atom. The van der Waals surface area contributed by atoms with Crippen molar-refractivity contribution < 1.29 is 27.5 Å². The fraction of sp³-hybridized carbons (Fsp3) is 0.400. The van der Waals surface area contributed by atoms with Crippen LogP contribution in [0, 0.1) is 19.8 Å². The Morgan fingerprint density at radius 1 is 1.03 bits per heavy atom. The molecule has 0 spiro atoms. The average molecular weight is 487 g/mol. The lowest BCUT2D eigenvalue weighted by molar-refractivity contribution is -0.158. The summed E-state index contributed by atoms with van der Waals surface area (Å²) in [7, 11) is -3.64. The summed E-state index contributed by atoms with van der Waals surface area (Å²) in [5, 5.41) is 2.64. The van der Waals surface area contributed by atoms with Crippen molar-refractivity contribution in [3.05, 3.63) is 59.2 Å². The van der Waals surface area contributed by atoms with E-state index >= 15 is 0 Å². The maximum absolute atomic E-state index is 13.0. The van der Waals surface area contributed by atoms with Crippen LogP contribution in [0.2, 0.25) is 0 Å². The predicted octanol–water partition coefficient (Wildman–Crippen LogP) is 3.48. The fourth-order valence-corrected chi connectivity index (χ4v) is 5.29. The molecular formula is C25H30N2O6S. The van der Waals surface area contributed by atoms with Crippen LogP contribution in [0.25, 0.3) is 0 Å². The van der Waals surface area contributed by atoms with Gasteiger partial charge in [0.15, 0.2) is 11.9 Å². The van der Waals surface area contributed by atoms with E-state index in [1.54, 1.807) is 42.5 Å². The normalized spacial score (nSPS) is 16.0. The molecule has 8 nitrogen and oxygen atoms in total. The molecule has 34 heavy (non-hydrogen) atoms. The van der Waals surface area contributed by atoms with Gasteiger partial charge in [0.1, 0.15) is 0 Å². The number of ketones is 1. The minimum absolute atomic E-state index is 0.124. The summed E-state index contributed by atoms with van der Waals surface area (Å²) in [6.45, 7) is 7.10. The number of esters is 1. The summed E-state index contributed by atoms with van der Waals surface area (Å²) in [6.07, 6.45) is -0.402. The number of nitrogens with zero attached hydrogens (tertiary/aromatic N) is 1. The molecule has 1 aliphatic rings. The number of amides is 1. The minimum Gasteiger partial charge on any atom is -0.452 e. The lowest BCUT2D eigenvalue weighted by Gasteiger charge is -2.30. The molecule has 1 fully saturated rings. The van der Waals surface area contributed by atoms with Gasteiger partial charge in [-0.25, -0.2) is 8.42 Å². The summed E-state index contributed by atoms with van der Waals surface area (Å²) in [6, 6.07) is 11.6. The topological polar surface area (TPSA) is 110 Å². The maximum atomic E-state index is 13.0. The molecule has 182 valence electrons. The SMILES string of the molecule is CC(=O)c1cccc(NC(=O)C(C)OC(=O)C2CCN(S(=O)(=O)c3ccc(C)c(C)c3)CC2)c1. The van der Waals surface area contributed by atoms with Crippen molar-refractivity contribution in [1.82, 2.24) is 4.31 Å². The first-order valence-corrected chi connectivity index (χ1v) is 12.6. The number of aryl methyl sites for hydroxylation is 2. The Morgan fingerprint density at radius 2 is 1.71 bits per heavy atom. The van der Waals surface area contributed by atoms with E-state index < -0.39 is 33.9 Å². The number of anilines is 1. The number of piperidine rings is 1. The van der Waals surface area contributed by atoms with Crippen LogP contribution < -0.4 is 5.32 Å². The van der Waals surface area contributed by atoms with Crippen molar-refractivity contribution in [2.75, 3.05) is 18.4 Å². The van der Waals surface area contributed by atoms with Gasteiger partial charge >= 0.3 is 5.97 Å². The number of sulfonamides is 1. The van der Waals surface area contributed by atoms with E-state index in [1.165, 1.54) is 18.2 Å². The second-order valence-corrected chi connectivity index (χ2v) is 10.6. The molecule has 9 heteroatoms. The summed E-state index contributed by atoms with van der Waals surface area (Å²) < 4.78 is 32.7. The summed E-state index contributed by atoms with van der Waals surface area (Å²) in [4.78, 5) is 36.8. The minimum atomic E-state index is -3.64. The number of hydrogen-bond acceptors (Lipinski definition) is 6. The molecule has 1 aliphatic heterocycles. The molecular weight excluding hydrogens is 456 g/mol. The zero-order chi connectivity index (χ0) is 25.0. The first kappa shape index (κ1) is 25.6. The van der Waals surface area contributed by atoms with E-state index in [0.717, 1.165) is 11.1 Å². The standard InChI is InChI=1S/C25H30N2O6S/c1-16-8-9-23(14-17(16)2)34(31,32)27-12-10-20(11-13-27)25(30)33-19(4)24(29)26-22-7-5-6-21(15-22)18(3)28/h5-9,14-15,19-20H,10-13H2,1-4H3,(H,26,29). The van der Waals surface area contributed by atoms with Gasteiger partial charge in [0.05, 0.1) is 10.8 Å². The average Bonchev–Trinajstić information content (AvgIpc) is 2.80. The van der Waals surface area contributed by atoms with Gasteiger partial charge in [-0.05, 0) is 75.9 Å². The van der Waals surface area contributed by atoms with Gasteiger partial charge in [0.2, 0.25) is 10.0 Å². The molecule has 0 saturated carbocycles. The van der Waals surface area contributed by atoms with Crippen molar-refractivity contribution in [3.8, 4) is 0 Å². The number of nitrogens with one attached hydrogen (secondary N) is 1. The summed E-state index contributed by atoms with van der Waals surface area (Å²) in [5.74, 6) is -1.64. The molecule has 0 bridgehead atoms. The predicted molar refractivity (Wildman–Crippen MR) is 128 cm³/mol. The molecule has 0 radical (unpaired) electrons. The monoisotopic (exact) mass is 486 g/mol. The molecule has 1 unspecified atom stereocenters. The Balaban J connectivity index is 1.54. The van der Waals surface area contributed by atoms with Crippen LogP contribution in [0.3, 0.4) is 0 Å². The van der Waals surface area contributed by atoms with Crippen LogP contribution in [-0.4, -0.2) is 49.6 Å². The van der Waals surface area contributed by atoms with Crippen LogP contribution >= 0.6 is 0 Å². The number of hydrogen-bond donors (Lipinski definition) is 1. The first-order chi connectivity index (χ1) is 16.0. The second kappa shape index (κ2) is 10.5. The Kier molecular flexibility index (Phi) is 7.89. The molecule has 0 aromatic heterocycles. The third-order valence-electron chi connectivity index (χ3n) is 6.10. The fourth-order valence-electron chi connectivity index (χ4n) is 3.74. The number of Topliss-reactive ketones (excluding diaryl/α,β-unsaturated/α-hetero) is 1. The Bertz CT molecular complexity index is 1200. The van der Waals surface area contributed by atoms with Crippen molar-refractivity contribution in [3.63, 3.8) is 0 Å². The summed E-state index contributed by atoms with van der Waals surface area (Å²) >= 11 is 0. The number of benzene rings is 2. The molecule has 0 aliphatic carbocycles. The molecule has 1 amide bonds. The van der Waals surface area contributed by atoms with Crippen molar-refractivity contribution in [1.29, 1.82) is 0 Å². The highest BCUT2D eigenvalue weighted by Crippen LogP contribution is 2.26. The van der Waals surface area contributed by atoms with Gasteiger partial charge in [-0.3, -0.25) is 14.4 Å². The zero-order valence-electron chi connectivity index (χ0n) is 19.8. The van der Waals surface area contributed by atoms with Crippen molar-refractivity contribution in [2.45, 2.75) is 51.5 Å². The zero-order valence-corrected chi connectivity index (χ0v) is 20.6. The quantitative estimate of drug-likeness (QED) is 0.474. The molecule has 1 heterocycles. The lowest BCUT2D eigenvalue weighted by Crippen LogP contribution is -2.41. The highest BCUT2D eigenvalue weighted by molar-refractivity contribution is 7.89. The van der Waals surface area contributed by atoms with E-state index in [9.17, 15) is 22.8 Å². The van der Waals surface area contributed by atoms with Crippen molar-refractivity contribution >= 4 is 33.4 Å². The third kappa shape index (κ3) is 5.90. The Hall–Kier alpha value is -3.04. The van der Waals surface area contributed by atoms with Crippen LogP contribution in [0.1, 0.15) is 48.2 Å². The van der Waals surface area contributed by atoms with Crippen LogP contribution in [0.5, 0.6) is 0 Å². The highest BCUT2D eigenvalue weighted by atomic mass is 32.2. The van der Waals surface area contributed by atoms with E-state index in [1.807, 2.05) is 13.8 Å². The van der Waals surface area contributed by atoms with Crippen LogP contribution in [0.15, 0.2) is 47.4 Å². The van der Waals surface area contributed by atoms with Gasteiger partial charge in [-0.2, -0.15) is 4.31 Å². The van der Waals surface area contributed by atoms with Crippen LogP contribution in [-0.2, 0) is 24.3 Å². The highest BCUT2D eigenvalue weighted by Gasteiger charge is 2.34. The number of rotatable bonds is 7. The van der Waals surface area contributed by atoms with Gasteiger partial charge in [-0.1, -0.05) is 18.2 Å². The molecule has 1 atom stereocenters. The van der Waals surface area contributed by atoms with E-state index in [-0.39, 0.29) is 23.8 Å². The largest absolute Gasteiger partial charge is 0.452 e. The molecule has 2 aromatic carbocycles. The maximum Gasteiger partial charge on any atom is 0.309 e. The number of carbonyl (C=O) groups is 3. The van der Waals surface area contributed by atoms with Crippen LogP contribution in [0.4, 0.5) is 5.69 Å². The van der Waals surface area contributed by atoms with Crippen molar-refractivity contribution in [2.24, 2.45) is 5.92 Å².